The Morgan fingerprint density at radius 3 is 0.545 bits per heavy atom. The fourth-order valence-electron chi connectivity index (χ4n) is 13.7. The molecule has 0 N–H and O–H groups in total. The third-order valence-electron chi connectivity index (χ3n) is 16.2. The SMILES string of the molecule is c1ccc2c(c1)C1c3ccccc3C2c2cc(-c3nc(-c4ccc5c(c4)C4c6ccccc6C5c5ccccc54)nc(-c4ccc5c(c4)C4c6ccccc6C5c5ccccc54)n3)ccc21. The van der Waals surface area contributed by atoms with Crippen LogP contribution in [0.4, 0.5) is 0 Å². The first-order chi connectivity index (χ1) is 32.7. The normalized spacial score (nSPS) is 20.7. The zero-order valence-corrected chi connectivity index (χ0v) is 35.9. The van der Waals surface area contributed by atoms with Crippen LogP contribution in [0.2, 0.25) is 0 Å². The van der Waals surface area contributed by atoms with Gasteiger partial charge in [0.25, 0.3) is 0 Å². The van der Waals surface area contributed by atoms with Crippen molar-refractivity contribution in [2.24, 2.45) is 0 Å². The Morgan fingerprint density at radius 2 is 0.348 bits per heavy atom. The van der Waals surface area contributed by atoms with Crippen molar-refractivity contribution in [2.45, 2.75) is 35.5 Å². The molecule has 0 radical (unpaired) electrons. The lowest BCUT2D eigenvalue weighted by atomic mass is 9.61. The lowest BCUT2D eigenvalue weighted by Crippen LogP contribution is -2.27. The molecule has 9 aromatic carbocycles. The monoisotopic (exact) mass is 837 g/mol. The molecule has 0 aliphatic heterocycles. The van der Waals surface area contributed by atoms with E-state index in [1.165, 1.54) is 100 Å². The van der Waals surface area contributed by atoms with Crippen LogP contribution in [0.5, 0.6) is 0 Å². The van der Waals surface area contributed by atoms with E-state index in [1.54, 1.807) is 0 Å². The first-order valence-electron chi connectivity index (χ1n) is 23.5. The molecule has 0 amide bonds. The minimum absolute atomic E-state index is 0.154. The second-order valence-electron chi connectivity index (χ2n) is 19.2. The predicted octanol–water partition coefficient (Wildman–Crippen LogP) is 13.8. The van der Waals surface area contributed by atoms with Crippen molar-refractivity contribution in [1.29, 1.82) is 0 Å². The van der Waals surface area contributed by atoms with Gasteiger partial charge < -0.3 is 0 Å². The molecule has 0 saturated carbocycles. The number of benzene rings is 9. The lowest BCUT2D eigenvalue weighted by molar-refractivity contribution is 0.754. The summed E-state index contributed by atoms with van der Waals surface area (Å²) in [5.74, 6) is 3.18. The predicted molar refractivity (Wildman–Crippen MR) is 260 cm³/mol. The molecule has 9 aliphatic rings. The molecule has 6 bridgehead atoms. The summed E-state index contributed by atoms with van der Waals surface area (Å²) in [5.41, 5.74) is 28.2. The van der Waals surface area contributed by atoms with Gasteiger partial charge in [-0.15, -0.1) is 0 Å². The van der Waals surface area contributed by atoms with Crippen LogP contribution >= 0.6 is 0 Å². The van der Waals surface area contributed by atoms with E-state index in [9.17, 15) is 0 Å². The Hall–Kier alpha value is -8.01. The summed E-state index contributed by atoms with van der Waals surface area (Å²) in [4.78, 5) is 16.4. The van der Waals surface area contributed by atoms with Gasteiger partial charge in [0, 0.05) is 52.2 Å². The zero-order chi connectivity index (χ0) is 42.8. The minimum atomic E-state index is 0.154. The Morgan fingerprint density at radius 1 is 0.182 bits per heavy atom. The minimum Gasteiger partial charge on any atom is -0.208 e. The van der Waals surface area contributed by atoms with Gasteiger partial charge in [0.15, 0.2) is 17.5 Å². The van der Waals surface area contributed by atoms with Gasteiger partial charge in [-0.2, -0.15) is 0 Å². The van der Waals surface area contributed by atoms with Gasteiger partial charge in [0.05, 0.1) is 0 Å². The molecule has 3 nitrogen and oxygen atoms in total. The highest BCUT2D eigenvalue weighted by Crippen LogP contribution is 2.59. The number of hydrogen-bond acceptors (Lipinski definition) is 3. The van der Waals surface area contributed by atoms with Crippen LogP contribution < -0.4 is 0 Å². The fourth-order valence-corrected chi connectivity index (χ4v) is 13.7. The van der Waals surface area contributed by atoms with Crippen molar-refractivity contribution in [1.82, 2.24) is 15.0 Å². The summed E-state index contributed by atoms with van der Waals surface area (Å²) in [6, 6.07) is 75.3. The maximum atomic E-state index is 5.46. The molecule has 66 heavy (non-hydrogen) atoms. The van der Waals surface area contributed by atoms with Crippen LogP contribution in [-0.2, 0) is 0 Å². The van der Waals surface area contributed by atoms with E-state index in [4.69, 9.17) is 15.0 Å². The van der Waals surface area contributed by atoms with E-state index in [0.717, 1.165) is 16.7 Å². The van der Waals surface area contributed by atoms with Crippen molar-refractivity contribution in [3.8, 4) is 34.2 Å². The van der Waals surface area contributed by atoms with E-state index in [1.807, 2.05) is 0 Å². The van der Waals surface area contributed by atoms with Crippen LogP contribution in [0.25, 0.3) is 34.2 Å². The van der Waals surface area contributed by atoms with Gasteiger partial charge in [0.2, 0.25) is 0 Å². The molecule has 3 heteroatoms. The van der Waals surface area contributed by atoms with Crippen molar-refractivity contribution >= 4 is 0 Å². The van der Waals surface area contributed by atoms with E-state index in [2.05, 4.69) is 200 Å². The van der Waals surface area contributed by atoms with Crippen LogP contribution in [0.15, 0.2) is 200 Å². The standard InChI is InChI=1S/C63H39N3/c1-7-19-43-37(13-1)55-38-14-2-8-20-44(38)58(43)52-31-34(25-28-49(52)55)61-64-62(35-26-29-50-53(32-35)59-45-21-9-3-15-39(45)56(50)40-16-4-10-22-46(40)59)66-63(65-61)36-27-30-51-54(33-36)60-47-23-11-5-17-41(47)57(51)42-18-6-12-24-48(42)60/h1-33,55-60H. The smallest absolute Gasteiger partial charge is 0.164 e. The van der Waals surface area contributed by atoms with Gasteiger partial charge in [-0.3, -0.25) is 0 Å². The molecule has 1 aromatic heterocycles. The second kappa shape index (κ2) is 12.8. The molecule has 0 spiro atoms. The molecule has 19 rings (SSSR count). The lowest BCUT2D eigenvalue weighted by Gasteiger charge is -2.42. The highest BCUT2D eigenvalue weighted by Gasteiger charge is 2.44. The van der Waals surface area contributed by atoms with Crippen LogP contribution in [0, 0.1) is 0 Å². The summed E-state index contributed by atoms with van der Waals surface area (Å²) < 4.78 is 0. The highest BCUT2D eigenvalue weighted by molar-refractivity contribution is 5.77. The number of rotatable bonds is 3. The molecule has 0 unspecified atom stereocenters. The Kier molecular flexibility index (Phi) is 6.87. The molecule has 1 heterocycles. The van der Waals surface area contributed by atoms with Crippen molar-refractivity contribution < 1.29 is 0 Å². The fraction of sp³-hybridized carbons (Fsp3) is 0.0952. The summed E-state index contributed by atoms with van der Waals surface area (Å²) in [6.45, 7) is 0. The zero-order valence-electron chi connectivity index (χ0n) is 35.9. The Bertz CT molecular complexity index is 3240. The summed E-state index contributed by atoms with van der Waals surface area (Å²) >= 11 is 0. The molecule has 0 saturated heterocycles. The largest absolute Gasteiger partial charge is 0.208 e. The summed E-state index contributed by atoms with van der Waals surface area (Å²) in [5, 5.41) is 0. The van der Waals surface area contributed by atoms with Crippen molar-refractivity contribution in [2.75, 3.05) is 0 Å². The highest BCUT2D eigenvalue weighted by atomic mass is 15.0. The quantitative estimate of drug-likeness (QED) is 0.178. The maximum Gasteiger partial charge on any atom is 0.164 e. The topological polar surface area (TPSA) is 38.7 Å². The third-order valence-corrected chi connectivity index (χ3v) is 16.2. The van der Waals surface area contributed by atoms with Gasteiger partial charge in [-0.1, -0.05) is 182 Å². The molecule has 306 valence electrons. The number of nitrogens with zero attached hydrogens (tertiary/aromatic N) is 3. The molecular formula is C63H39N3. The second-order valence-corrected chi connectivity index (χ2v) is 19.2. The Balaban J connectivity index is 0.888. The summed E-state index contributed by atoms with van der Waals surface area (Å²) in [6.07, 6.45) is 0. The molecule has 10 aromatic rings. The number of hydrogen-bond donors (Lipinski definition) is 0. The Labute approximate surface area is 383 Å². The van der Waals surface area contributed by atoms with E-state index < -0.39 is 0 Å². The molecule has 0 atom stereocenters. The van der Waals surface area contributed by atoms with Gasteiger partial charge >= 0.3 is 0 Å². The van der Waals surface area contributed by atoms with Crippen LogP contribution in [-0.4, -0.2) is 15.0 Å². The maximum absolute atomic E-state index is 5.46. The van der Waals surface area contributed by atoms with Gasteiger partial charge in [0.1, 0.15) is 0 Å². The van der Waals surface area contributed by atoms with E-state index in [-0.39, 0.29) is 35.5 Å². The van der Waals surface area contributed by atoms with Gasteiger partial charge in [-0.25, -0.2) is 15.0 Å². The van der Waals surface area contributed by atoms with Crippen molar-refractivity contribution in [3.63, 3.8) is 0 Å². The number of aromatic nitrogens is 3. The van der Waals surface area contributed by atoms with E-state index in [0.29, 0.717) is 17.5 Å². The van der Waals surface area contributed by atoms with Gasteiger partial charge in [-0.05, 0) is 118 Å². The average molecular weight is 838 g/mol. The third kappa shape index (κ3) is 4.55. The van der Waals surface area contributed by atoms with Crippen molar-refractivity contribution in [3.05, 3.63) is 300 Å². The first kappa shape index (κ1) is 35.4. The van der Waals surface area contributed by atoms with E-state index >= 15 is 0 Å². The molecular weight excluding hydrogens is 799 g/mol. The molecule has 0 fully saturated rings. The van der Waals surface area contributed by atoms with Crippen LogP contribution in [0.1, 0.15) is 136 Å². The molecule has 9 aliphatic carbocycles. The average Bonchev–Trinajstić information content (AvgIpc) is 3.39. The summed E-state index contributed by atoms with van der Waals surface area (Å²) in [7, 11) is 0. The first-order valence-corrected chi connectivity index (χ1v) is 23.5. The van der Waals surface area contributed by atoms with Crippen LogP contribution in [0.3, 0.4) is 0 Å².